The molecule has 0 heterocycles. The van der Waals surface area contributed by atoms with Gasteiger partial charge in [-0.1, -0.05) is 153 Å². The smallest absolute Gasteiger partial charge is 0.0585 e. The Kier molecular flexibility index (Phi) is 13.1. The van der Waals surface area contributed by atoms with Crippen LogP contribution in [0.25, 0.3) is 0 Å². The van der Waals surface area contributed by atoms with Gasteiger partial charge in [-0.05, 0) is 88.4 Å². The standard InChI is InChI=1S/C40H54O/c1-30(18-13-20-32(3)23-25-37-34(5)22-15-27-39(37,7)8)16-11-12-17-31(2)19-14-21-33(4)24-26-38-35(6)28-36(41)29-40(38,9)10/h11-26,36,41H,27-29H2,1-10H3/b12-11+,18-13+,19-14+,25-23+,26-24+,30-16+,31-17+,32-20+,33-21+/t36-/m0/s1. The Morgan fingerprint density at radius 3 is 1.63 bits per heavy atom. The maximum absolute atomic E-state index is 10.1. The van der Waals surface area contributed by atoms with Crippen molar-refractivity contribution in [3.8, 4) is 0 Å². The molecule has 0 aromatic carbocycles. The summed E-state index contributed by atoms with van der Waals surface area (Å²) in [6.07, 6.45) is 37.1. The maximum atomic E-state index is 10.1. The van der Waals surface area contributed by atoms with Gasteiger partial charge in [0.1, 0.15) is 0 Å². The molecular weight excluding hydrogens is 496 g/mol. The molecule has 1 heteroatoms. The molecule has 0 aliphatic heterocycles. The van der Waals surface area contributed by atoms with Gasteiger partial charge in [-0.2, -0.15) is 0 Å². The van der Waals surface area contributed by atoms with Crippen molar-refractivity contribution >= 4 is 0 Å². The highest BCUT2D eigenvalue weighted by Gasteiger charge is 2.31. The lowest BCUT2D eigenvalue weighted by molar-refractivity contribution is 0.116. The van der Waals surface area contributed by atoms with E-state index in [1.54, 1.807) is 0 Å². The Balaban J connectivity index is 1.90. The molecule has 0 unspecified atom stereocenters. The third-order valence-corrected chi connectivity index (χ3v) is 7.92. The zero-order valence-electron chi connectivity index (χ0n) is 27.4. The summed E-state index contributed by atoms with van der Waals surface area (Å²) in [5.74, 6) is 0. The van der Waals surface area contributed by atoms with Crippen LogP contribution in [-0.4, -0.2) is 11.2 Å². The van der Waals surface area contributed by atoms with Gasteiger partial charge in [0.2, 0.25) is 0 Å². The summed E-state index contributed by atoms with van der Waals surface area (Å²) in [5, 5.41) is 10.1. The molecule has 0 radical (unpaired) electrons. The Hall–Kier alpha value is -3.16. The summed E-state index contributed by atoms with van der Waals surface area (Å²) in [6, 6.07) is 0. The Labute approximate surface area is 251 Å². The summed E-state index contributed by atoms with van der Waals surface area (Å²) < 4.78 is 0. The summed E-state index contributed by atoms with van der Waals surface area (Å²) in [5.41, 5.74) is 10.5. The molecule has 0 saturated carbocycles. The van der Waals surface area contributed by atoms with E-state index in [2.05, 4.69) is 166 Å². The Morgan fingerprint density at radius 1 is 0.683 bits per heavy atom. The van der Waals surface area contributed by atoms with Gasteiger partial charge in [0.15, 0.2) is 0 Å². The molecule has 41 heavy (non-hydrogen) atoms. The van der Waals surface area contributed by atoms with E-state index in [4.69, 9.17) is 0 Å². The van der Waals surface area contributed by atoms with Crippen molar-refractivity contribution in [2.75, 3.05) is 0 Å². The van der Waals surface area contributed by atoms with Gasteiger partial charge in [-0.25, -0.2) is 0 Å². The second-order valence-corrected chi connectivity index (χ2v) is 13.1. The van der Waals surface area contributed by atoms with Crippen molar-refractivity contribution in [1.29, 1.82) is 0 Å². The van der Waals surface area contributed by atoms with Crippen molar-refractivity contribution in [2.24, 2.45) is 10.8 Å². The lowest BCUT2D eigenvalue weighted by Gasteiger charge is -2.35. The molecular formula is C40H54O. The van der Waals surface area contributed by atoms with E-state index >= 15 is 0 Å². The highest BCUT2D eigenvalue weighted by molar-refractivity contribution is 5.42. The SMILES string of the molecule is CC1=C(/C=C/C(C)=C/C=C/C(C)=C/C=C/C=C(C)/C=C/C=C(C)/C=C/C2=C(C)C[C@H](O)CC2(C)C)C(C)(C)CC=C1. The van der Waals surface area contributed by atoms with Gasteiger partial charge in [-0.3, -0.25) is 0 Å². The number of hydrogen-bond acceptors (Lipinski definition) is 1. The predicted octanol–water partition coefficient (Wildman–Crippen LogP) is 11.4. The minimum atomic E-state index is -0.222. The van der Waals surface area contributed by atoms with E-state index in [9.17, 15) is 5.11 Å². The molecule has 2 aliphatic carbocycles. The average molecular weight is 551 g/mol. The summed E-state index contributed by atoms with van der Waals surface area (Å²) in [7, 11) is 0. The fraction of sp³-hybridized carbons (Fsp3) is 0.400. The van der Waals surface area contributed by atoms with Crippen LogP contribution >= 0.6 is 0 Å². The van der Waals surface area contributed by atoms with Crippen LogP contribution in [0.1, 0.15) is 88.5 Å². The zero-order valence-corrected chi connectivity index (χ0v) is 27.4. The largest absolute Gasteiger partial charge is 0.393 e. The Morgan fingerprint density at radius 2 is 1.15 bits per heavy atom. The fourth-order valence-corrected chi connectivity index (χ4v) is 5.57. The fourth-order valence-electron chi connectivity index (χ4n) is 5.57. The third-order valence-electron chi connectivity index (χ3n) is 7.92. The molecule has 0 amide bonds. The second-order valence-electron chi connectivity index (χ2n) is 13.1. The molecule has 0 aromatic heterocycles. The van der Waals surface area contributed by atoms with Crippen LogP contribution in [0.5, 0.6) is 0 Å². The van der Waals surface area contributed by atoms with Crippen molar-refractivity contribution in [3.63, 3.8) is 0 Å². The van der Waals surface area contributed by atoms with Crippen LogP contribution in [0.4, 0.5) is 0 Å². The number of rotatable bonds is 10. The quantitative estimate of drug-likeness (QED) is 0.268. The van der Waals surface area contributed by atoms with Crippen molar-refractivity contribution in [1.82, 2.24) is 0 Å². The molecule has 1 N–H and O–H groups in total. The number of aliphatic hydroxyl groups excluding tert-OH is 1. The van der Waals surface area contributed by atoms with Crippen LogP contribution in [0.2, 0.25) is 0 Å². The lowest BCUT2D eigenvalue weighted by atomic mass is 9.71. The summed E-state index contributed by atoms with van der Waals surface area (Å²) in [6.45, 7) is 21.9. The Bertz CT molecular complexity index is 1300. The van der Waals surface area contributed by atoms with Crippen molar-refractivity contribution in [2.45, 2.75) is 94.6 Å². The van der Waals surface area contributed by atoms with Gasteiger partial charge in [0, 0.05) is 0 Å². The van der Waals surface area contributed by atoms with Crippen LogP contribution < -0.4 is 0 Å². The predicted molar refractivity (Wildman–Crippen MR) is 183 cm³/mol. The van der Waals surface area contributed by atoms with Crippen molar-refractivity contribution in [3.05, 3.63) is 142 Å². The molecule has 1 atom stereocenters. The molecule has 0 aromatic rings. The highest BCUT2D eigenvalue weighted by atomic mass is 16.3. The molecule has 0 saturated heterocycles. The van der Waals surface area contributed by atoms with Crippen LogP contribution in [0.3, 0.4) is 0 Å². The monoisotopic (exact) mass is 550 g/mol. The zero-order chi connectivity index (χ0) is 30.6. The summed E-state index contributed by atoms with van der Waals surface area (Å²) in [4.78, 5) is 0. The molecule has 1 nitrogen and oxygen atoms in total. The number of hydrogen-bond donors (Lipinski definition) is 1. The first-order chi connectivity index (χ1) is 19.2. The van der Waals surface area contributed by atoms with Crippen LogP contribution in [0, 0.1) is 10.8 Å². The van der Waals surface area contributed by atoms with E-state index in [-0.39, 0.29) is 16.9 Å². The lowest BCUT2D eigenvalue weighted by Crippen LogP contribution is -2.28. The molecule has 0 bridgehead atoms. The molecule has 0 fully saturated rings. The molecule has 220 valence electrons. The minimum absolute atomic E-state index is 0.0110. The molecule has 2 aliphatic rings. The first kappa shape index (κ1) is 34.0. The van der Waals surface area contributed by atoms with E-state index in [1.807, 2.05) is 0 Å². The van der Waals surface area contributed by atoms with E-state index in [1.165, 1.54) is 44.6 Å². The van der Waals surface area contributed by atoms with Crippen LogP contribution in [-0.2, 0) is 0 Å². The van der Waals surface area contributed by atoms with E-state index in [0.717, 1.165) is 19.3 Å². The third kappa shape index (κ3) is 11.7. The van der Waals surface area contributed by atoms with Gasteiger partial charge in [0.05, 0.1) is 6.10 Å². The van der Waals surface area contributed by atoms with Crippen molar-refractivity contribution < 1.29 is 5.11 Å². The molecule has 0 spiro atoms. The average Bonchev–Trinajstić information content (AvgIpc) is 2.84. The van der Waals surface area contributed by atoms with Gasteiger partial charge < -0.3 is 5.11 Å². The number of aliphatic hydroxyl groups is 1. The highest BCUT2D eigenvalue weighted by Crippen LogP contribution is 2.41. The van der Waals surface area contributed by atoms with E-state index < -0.39 is 0 Å². The second kappa shape index (κ2) is 15.7. The molecule has 2 rings (SSSR count). The van der Waals surface area contributed by atoms with Crippen LogP contribution in [0.15, 0.2) is 142 Å². The minimum Gasteiger partial charge on any atom is -0.393 e. The first-order valence-electron chi connectivity index (χ1n) is 15.1. The maximum Gasteiger partial charge on any atom is 0.0585 e. The van der Waals surface area contributed by atoms with E-state index in [0.29, 0.717) is 0 Å². The van der Waals surface area contributed by atoms with Gasteiger partial charge in [-0.15, -0.1) is 0 Å². The normalized spacial score (nSPS) is 23.1. The number of allylic oxidation sites excluding steroid dienone is 23. The van der Waals surface area contributed by atoms with Gasteiger partial charge >= 0.3 is 0 Å². The topological polar surface area (TPSA) is 20.2 Å². The first-order valence-corrected chi connectivity index (χ1v) is 15.1. The summed E-state index contributed by atoms with van der Waals surface area (Å²) >= 11 is 0. The van der Waals surface area contributed by atoms with Gasteiger partial charge in [0.25, 0.3) is 0 Å².